The normalized spacial score (nSPS) is 27.7. The number of halogens is 2. The molecule has 1 aromatic rings. The van der Waals surface area contributed by atoms with Crippen molar-refractivity contribution in [2.24, 2.45) is 0 Å². The first-order chi connectivity index (χ1) is 9.99. The first-order valence-corrected chi connectivity index (χ1v) is 7.70. The summed E-state index contributed by atoms with van der Waals surface area (Å²) in [7, 11) is 0. The summed E-state index contributed by atoms with van der Waals surface area (Å²) in [4.78, 5) is 25.2. The molecule has 3 rings (SSSR count). The molecule has 1 amide bonds. The van der Waals surface area contributed by atoms with Gasteiger partial charge in [0.25, 0.3) is 11.6 Å². The largest absolute Gasteiger partial charge is 0.332 e. The molecule has 0 radical (unpaired) electrons. The van der Waals surface area contributed by atoms with Gasteiger partial charge in [0.1, 0.15) is 5.56 Å². The number of carbonyl (C=O) groups is 1. The topological polar surface area (TPSA) is 63.4 Å². The highest BCUT2D eigenvalue weighted by atomic mass is 35.5. The zero-order chi connectivity index (χ0) is 15.1. The molecular weight excluding hydrogens is 315 g/mol. The molecule has 0 saturated carbocycles. The minimum atomic E-state index is -0.560. The molecule has 2 bridgehead atoms. The van der Waals surface area contributed by atoms with Crippen LogP contribution in [0.5, 0.6) is 0 Å². The molecular formula is C14H14Cl2N2O3. The van der Waals surface area contributed by atoms with Crippen LogP contribution in [0.2, 0.25) is 5.02 Å². The van der Waals surface area contributed by atoms with Crippen molar-refractivity contribution in [1.29, 1.82) is 0 Å². The number of alkyl halides is 1. The first-order valence-electron chi connectivity index (χ1n) is 6.88. The number of rotatable bonds is 2. The van der Waals surface area contributed by atoms with Crippen molar-refractivity contribution in [3.05, 3.63) is 38.9 Å². The van der Waals surface area contributed by atoms with E-state index in [1.807, 2.05) is 0 Å². The van der Waals surface area contributed by atoms with Gasteiger partial charge in [-0.3, -0.25) is 14.9 Å². The van der Waals surface area contributed by atoms with Gasteiger partial charge in [0.2, 0.25) is 0 Å². The zero-order valence-electron chi connectivity index (χ0n) is 11.2. The Morgan fingerprint density at radius 1 is 1.29 bits per heavy atom. The van der Waals surface area contributed by atoms with Crippen LogP contribution in [0.4, 0.5) is 5.69 Å². The van der Waals surface area contributed by atoms with E-state index in [-0.39, 0.29) is 39.6 Å². The van der Waals surface area contributed by atoms with Gasteiger partial charge in [-0.2, -0.15) is 0 Å². The average molecular weight is 329 g/mol. The van der Waals surface area contributed by atoms with Crippen LogP contribution < -0.4 is 0 Å². The molecule has 0 N–H and O–H groups in total. The Morgan fingerprint density at radius 3 is 2.48 bits per heavy atom. The Hall–Kier alpha value is -1.33. The van der Waals surface area contributed by atoms with Crippen LogP contribution in [-0.2, 0) is 0 Å². The smallest absolute Gasteiger partial charge is 0.283 e. The number of nitro benzene ring substituents is 1. The molecule has 112 valence electrons. The third kappa shape index (κ3) is 2.49. The van der Waals surface area contributed by atoms with Crippen LogP contribution in [0.25, 0.3) is 0 Å². The van der Waals surface area contributed by atoms with Crippen LogP contribution in [0, 0.1) is 10.1 Å². The van der Waals surface area contributed by atoms with E-state index in [1.165, 1.54) is 18.2 Å². The van der Waals surface area contributed by atoms with Crippen LogP contribution >= 0.6 is 23.2 Å². The molecule has 2 heterocycles. The summed E-state index contributed by atoms with van der Waals surface area (Å²) in [6.07, 6.45) is 3.28. The number of piperidine rings is 1. The first kappa shape index (κ1) is 14.6. The highest BCUT2D eigenvalue weighted by Gasteiger charge is 2.44. The van der Waals surface area contributed by atoms with E-state index in [1.54, 1.807) is 4.90 Å². The van der Waals surface area contributed by atoms with E-state index in [0.29, 0.717) is 0 Å². The van der Waals surface area contributed by atoms with Crippen LogP contribution in [0.1, 0.15) is 36.0 Å². The molecule has 2 saturated heterocycles. The quantitative estimate of drug-likeness (QED) is 0.473. The average Bonchev–Trinajstić information content (AvgIpc) is 2.70. The maximum absolute atomic E-state index is 12.8. The molecule has 5 nitrogen and oxygen atoms in total. The lowest BCUT2D eigenvalue weighted by Crippen LogP contribution is -2.47. The van der Waals surface area contributed by atoms with Crippen molar-refractivity contribution in [1.82, 2.24) is 4.90 Å². The number of amides is 1. The maximum atomic E-state index is 12.8. The number of fused-ring (bicyclic) bond motifs is 2. The van der Waals surface area contributed by atoms with E-state index in [9.17, 15) is 14.9 Å². The summed E-state index contributed by atoms with van der Waals surface area (Å²) >= 11 is 12.3. The number of carbonyl (C=O) groups excluding carboxylic acids is 1. The summed E-state index contributed by atoms with van der Waals surface area (Å²) in [6, 6.07) is 4.44. The number of hydrogen-bond donors (Lipinski definition) is 0. The van der Waals surface area contributed by atoms with Gasteiger partial charge in [0.15, 0.2) is 0 Å². The Kier molecular flexibility index (Phi) is 3.80. The predicted molar refractivity (Wildman–Crippen MR) is 80.0 cm³/mol. The monoisotopic (exact) mass is 328 g/mol. The molecule has 0 aliphatic carbocycles. The fraction of sp³-hybridized carbons (Fsp3) is 0.500. The second-order valence-electron chi connectivity index (χ2n) is 5.56. The van der Waals surface area contributed by atoms with Gasteiger partial charge < -0.3 is 4.90 Å². The summed E-state index contributed by atoms with van der Waals surface area (Å²) in [5, 5.41) is 11.4. The van der Waals surface area contributed by atoms with Gasteiger partial charge >= 0.3 is 0 Å². The maximum Gasteiger partial charge on any atom is 0.283 e. The summed E-state index contributed by atoms with van der Waals surface area (Å²) in [6.45, 7) is 0. The Balaban J connectivity index is 1.99. The van der Waals surface area contributed by atoms with Crippen LogP contribution in [0.15, 0.2) is 18.2 Å². The second-order valence-corrected chi connectivity index (χ2v) is 6.58. The Labute approximate surface area is 132 Å². The molecule has 2 atom stereocenters. The third-order valence-corrected chi connectivity index (χ3v) is 4.98. The van der Waals surface area contributed by atoms with E-state index >= 15 is 0 Å². The molecule has 21 heavy (non-hydrogen) atoms. The lowest BCUT2D eigenvalue weighted by Gasteiger charge is -2.37. The Morgan fingerprint density at radius 2 is 1.90 bits per heavy atom. The highest BCUT2D eigenvalue weighted by molar-refractivity contribution is 6.34. The van der Waals surface area contributed by atoms with Crippen molar-refractivity contribution in [2.75, 3.05) is 0 Å². The predicted octanol–water partition coefficient (Wildman–Crippen LogP) is 3.62. The molecule has 7 heteroatoms. The second kappa shape index (κ2) is 5.46. The van der Waals surface area contributed by atoms with Crippen molar-refractivity contribution >= 4 is 34.8 Å². The van der Waals surface area contributed by atoms with Crippen LogP contribution in [0.3, 0.4) is 0 Å². The summed E-state index contributed by atoms with van der Waals surface area (Å²) in [5.74, 6) is -0.344. The van der Waals surface area contributed by atoms with Crippen molar-refractivity contribution in [3.8, 4) is 0 Å². The fourth-order valence-electron chi connectivity index (χ4n) is 3.45. The Bertz CT molecular complexity index is 594. The zero-order valence-corrected chi connectivity index (χ0v) is 12.7. The van der Waals surface area contributed by atoms with E-state index in [0.717, 1.165) is 25.7 Å². The molecule has 2 aliphatic rings. The molecule has 1 aromatic carbocycles. The number of hydrogen-bond acceptors (Lipinski definition) is 3. The number of benzene rings is 1. The molecule has 0 spiro atoms. The van der Waals surface area contributed by atoms with Crippen molar-refractivity contribution in [2.45, 2.75) is 43.1 Å². The molecule has 2 unspecified atom stereocenters. The van der Waals surface area contributed by atoms with Crippen LogP contribution in [-0.4, -0.2) is 33.2 Å². The fourth-order valence-corrected chi connectivity index (χ4v) is 4.11. The standard InChI is InChI=1S/C14H14Cl2N2O3/c15-8-6-9-4-5-10(7-8)17(9)14(19)13-11(16)2-1-3-12(13)18(20)21/h1-3,8-10H,4-7H2. The van der Waals surface area contributed by atoms with E-state index in [4.69, 9.17) is 23.2 Å². The van der Waals surface area contributed by atoms with Gasteiger partial charge in [0, 0.05) is 23.5 Å². The minimum absolute atomic E-state index is 0.00547. The lowest BCUT2D eigenvalue weighted by atomic mass is 10.0. The van der Waals surface area contributed by atoms with Crippen molar-refractivity contribution < 1.29 is 9.72 Å². The van der Waals surface area contributed by atoms with Crippen molar-refractivity contribution in [3.63, 3.8) is 0 Å². The summed E-state index contributed by atoms with van der Waals surface area (Å²) in [5.41, 5.74) is -0.242. The third-order valence-electron chi connectivity index (χ3n) is 4.31. The molecule has 2 aliphatic heterocycles. The summed E-state index contributed by atoms with van der Waals surface area (Å²) < 4.78 is 0. The van der Waals surface area contributed by atoms with E-state index < -0.39 is 4.92 Å². The van der Waals surface area contributed by atoms with Gasteiger partial charge in [-0.05, 0) is 31.7 Å². The number of nitrogens with zero attached hydrogens (tertiary/aromatic N) is 2. The molecule has 2 fully saturated rings. The lowest BCUT2D eigenvalue weighted by molar-refractivity contribution is -0.385. The highest BCUT2D eigenvalue weighted by Crippen LogP contribution is 2.40. The van der Waals surface area contributed by atoms with Gasteiger partial charge in [-0.1, -0.05) is 17.7 Å². The molecule has 0 aromatic heterocycles. The number of nitro groups is 1. The van der Waals surface area contributed by atoms with Gasteiger partial charge in [-0.15, -0.1) is 11.6 Å². The van der Waals surface area contributed by atoms with E-state index in [2.05, 4.69) is 0 Å². The van der Waals surface area contributed by atoms with Gasteiger partial charge in [0.05, 0.1) is 9.95 Å². The minimum Gasteiger partial charge on any atom is -0.332 e. The van der Waals surface area contributed by atoms with Gasteiger partial charge in [-0.25, -0.2) is 0 Å². The SMILES string of the molecule is O=C(c1c(Cl)cccc1[N+](=O)[O-])N1C2CCC1CC(Cl)C2.